The van der Waals surface area contributed by atoms with Gasteiger partial charge in [0.25, 0.3) is 0 Å². The van der Waals surface area contributed by atoms with E-state index in [1.807, 2.05) is 24.3 Å². The first-order valence-corrected chi connectivity index (χ1v) is 6.10. The van der Waals surface area contributed by atoms with Crippen molar-refractivity contribution in [2.45, 2.75) is 13.0 Å². The summed E-state index contributed by atoms with van der Waals surface area (Å²) in [6, 6.07) is 7.02. The molecule has 5 nitrogen and oxygen atoms in total. The molecule has 1 N–H and O–H groups in total. The van der Waals surface area contributed by atoms with Gasteiger partial charge in [-0.15, -0.1) is 0 Å². The Morgan fingerprint density at radius 2 is 2.16 bits per heavy atom. The summed E-state index contributed by atoms with van der Waals surface area (Å²) in [5.41, 5.74) is 0.756. The van der Waals surface area contributed by atoms with Gasteiger partial charge in [0.05, 0.1) is 5.69 Å². The van der Waals surface area contributed by atoms with Crippen LogP contribution in [0.2, 0.25) is 0 Å². The molecule has 1 atom stereocenters. The zero-order valence-corrected chi connectivity index (χ0v) is 10.5. The van der Waals surface area contributed by atoms with Crippen LogP contribution >= 0.6 is 0 Å². The molecule has 3 rings (SSSR count). The molecule has 0 radical (unpaired) electrons. The number of hydrogen-bond acceptors (Lipinski definition) is 3. The molecule has 96 valence electrons. The van der Waals surface area contributed by atoms with E-state index >= 15 is 0 Å². The third-order valence-electron chi connectivity index (χ3n) is 3.26. The Kier molecular flexibility index (Phi) is 2.67. The van der Waals surface area contributed by atoms with E-state index in [4.69, 9.17) is 0 Å². The number of nitrogens with zero attached hydrogens (tertiary/aromatic N) is 2. The fourth-order valence-electron chi connectivity index (χ4n) is 2.35. The van der Waals surface area contributed by atoms with Gasteiger partial charge in [-0.05, 0) is 19.1 Å². The highest BCUT2D eigenvalue weighted by molar-refractivity contribution is 6.10. The lowest BCUT2D eigenvalue weighted by atomic mass is 10.1. The van der Waals surface area contributed by atoms with E-state index in [9.17, 15) is 9.59 Å². The van der Waals surface area contributed by atoms with Gasteiger partial charge in [-0.1, -0.05) is 12.1 Å². The van der Waals surface area contributed by atoms with Crippen molar-refractivity contribution in [3.63, 3.8) is 0 Å². The Morgan fingerprint density at radius 3 is 3.00 bits per heavy atom. The summed E-state index contributed by atoms with van der Waals surface area (Å²) in [6.07, 6.45) is 3.43. The highest BCUT2D eigenvalue weighted by Gasteiger charge is 2.31. The first-order chi connectivity index (χ1) is 9.16. The minimum atomic E-state index is -0.488. The number of anilines is 1. The number of pyridine rings is 1. The van der Waals surface area contributed by atoms with Gasteiger partial charge >= 0.3 is 0 Å². The quantitative estimate of drug-likeness (QED) is 0.829. The van der Waals surface area contributed by atoms with E-state index in [0.717, 1.165) is 16.5 Å². The number of nitrogens with one attached hydrogen (secondary N) is 1. The smallest absolute Gasteiger partial charge is 0.249 e. The molecule has 5 heteroatoms. The van der Waals surface area contributed by atoms with Gasteiger partial charge in [0, 0.05) is 23.2 Å². The van der Waals surface area contributed by atoms with Crippen molar-refractivity contribution in [2.75, 3.05) is 11.4 Å². The molecule has 0 spiro atoms. The van der Waals surface area contributed by atoms with E-state index in [2.05, 4.69) is 10.3 Å². The van der Waals surface area contributed by atoms with Gasteiger partial charge in [-0.3, -0.25) is 14.6 Å². The lowest BCUT2D eigenvalue weighted by Gasteiger charge is -2.31. The summed E-state index contributed by atoms with van der Waals surface area (Å²) >= 11 is 0. The summed E-state index contributed by atoms with van der Waals surface area (Å²) in [4.78, 5) is 29.4. The number of carbonyl (C=O) groups is 2. The molecule has 1 unspecified atom stereocenters. The number of hydrogen-bond donors (Lipinski definition) is 1. The summed E-state index contributed by atoms with van der Waals surface area (Å²) in [5, 5.41) is 4.51. The Morgan fingerprint density at radius 1 is 1.32 bits per heavy atom. The zero-order chi connectivity index (χ0) is 13.4. The second-order valence-corrected chi connectivity index (χ2v) is 4.59. The number of rotatable bonds is 1. The van der Waals surface area contributed by atoms with Crippen LogP contribution in [0, 0.1) is 0 Å². The maximum Gasteiger partial charge on any atom is 0.249 e. The lowest BCUT2D eigenvalue weighted by Crippen LogP contribution is -2.57. The van der Waals surface area contributed by atoms with Crippen LogP contribution in [0.4, 0.5) is 5.69 Å². The van der Waals surface area contributed by atoms with Crippen molar-refractivity contribution in [1.82, 2.24) is 10.3 Å². The van der Waals surface area contributed by atoms with Crippen molar-refractivity contribution < 1.29 is 9.59 Å². The highest BCUT2D eigenvalue weighted by Crippen LogP contribution is 2.27. The molecular weight excluding hydrogens is 242 g/mol. The average Bonchev–Trinajstić information content (AvgIpc) is 2.42. The van der Waals surface area contributed by atoms with Crippen molar-refractivity contribution in [3.05, 3.63) is 36.7 Å². The minimum Gasteiger partial charge on any atom is -0.343 e. The monoisotopic (exact) mass is 255 g/mol. The predicted molar refractivity (Wildman–Crippen MR) is 71.7 cm³/mol. The third kappa shape index (κ3) is 1.93. The molecule has 0 aliphatic carbocycles. The summed E-state index contributed by atoms with van der Waals surface area (Å²) in [7, 11) is 0. The Hall–Kier alpha value is -2.43. The van der Waals surface area contributed by atoms with Gasteiger partial charge in [-0.25, -0.2) is 0 Å². The Balaban J connectivity index is 2.13. The molecule has 1 aliphatic heterocycles. The first kappa shape index (κ1) is 11.6. The SMILES string of the molecule is CC1NC(=O)CN(c2cccc3cnccc23)C1=O. The first-order valence-electron chi connectivity index (χ1n) is 6.10. The molecule has 1 saturated heterocycles. The number of fused-ring (bicyclic) bond motifs is 1. The summed E-state index contributed by atoms with van der Waals surface area (Å²) < 4.78 is 0. The van der Waals surface area contributed by atoms with Gasteiger partial charge in [-0.2, -0.15) is 0 Å². The minimum absolute atomic E-state index is 0.0601. The molecule has 1 aromatic heterocycles. The van der Waals surface area contributed by atoms with Crippen molar-refractivity contribution in [3.8, 4) is 0 Å². The summed E-state index contributed by atoms with van der Waals surface area (Å²) in [5.74, 6) is -0.234. The van der Waals surface area contributed by atoms with Crippen molar-refractivity contribution in [2.24, 2.45) is 0 Å². The van der Waals surface area contributed by atoms with Crippen molar-refractivity contribution >= 4 is 28.3 Å². The molecule has 19 heavy (non-hydrogen) atoms. The van der Waals surface area contributed by atoms with Crippen molar-refractivity contribution in [1.29, 1.82) is 0 Å². The van der Waals surface area contributed by atoms with Gasteiger partial charge < -0.3 is 10.2 Å². The Bertz CT molecular complexity index is 663. The number of carbonyl (C=O) groups excluding carboxylic acids is 2. The molecule has 2 heterocycles. The molecule has 0 saturated carbocycles. The Labute approximate surface area is 110 Å². The maximum absolute atomic E-state index is 12.2. The van der Waals surface area contributed by atoms with Gasteiger partial charge in [0.2, 0.25) is 11.8 Å². The predicted octanol–water partition coefficient (Wildman–Crippen LogP) is 1.09. The van der Waals surface area contributed by atoms with E-state index in [1.165, 1.54) is 4.90 Å². The van der Waals surface area contributed by atoms with E-state index in [1.54, 1.807) is 19.3 Å². The van der Waals surface area contributed by atoms with Crippen LogP contribution < -0.4 is 10.2 Å². The highest BCUT2D eigenvalue weighted by atomic mass is 16.2. The zero-order valence-electron chi connectivity index (χ0n) is 10.5. The maximum atomic E-state index is 12.2. The van der Waals surface area contributed by atoms with Gasteiger partial charge in [0.15, 0.2) is 0 Å². The van der Waals surface area contributed by atoms with E-state index < -0.39 is 6.04 Å². The molecule has 1 aliphatic rings. The van der Waals surface area contributed by atoms with Gasteiger partial charge in [0.1, 0.15) is 12.6 Å². The standard InChI is InChI=1S/C14H13N3O2/c1-9-14(19)17(8-13(18)16-9)12-4-2-3-10-7-15-6-5-11(10)12/h2-7,9H,8H2,1H3,(H,16,18). The second-order valence-electron chi connectivity index (χ2n) is 4.59. The fourth-order valence-corrected chi connectivity index (χ4v) is 2.35. The third-order valence-corrected chi connectivity index (χ3v) is 3.26. The topological polar surface area (TPSA) is 62.3 Å². The van der Waals surface area contributed by atoms with Crippen LogP contribution in [0.15, 0.2) is 36.7 Å². The largest absolute Gasteiger partial charge is 0.343 e. The molecule has 0 bridgehead atoms. The number of benzene rings is 1. The molecule has 1 aromatic carbocycles. The normalized spacial score (nSPS) is 19.6. The second kappa shape index (κ2) is 4.35. The average molecular weight is 255 g/mol. The van der Waals surface area contributed by atoms with Crippen LogP contribution in [-0.4, -0.2) is 29.4 Å². The fraction of sp³-hybridized carbons (Fsp3) is 0.214. The number of aromatic nitrogens is 1. The number of piperazine rings is 1. The van der Waals surface area contributed by atoms with Crippen LogP contribution in [0.3, 0.4) is 0 Å². The molecule has 2 amide bonds. The molecule has 2 aromatic rings. The van der Waals surface area contributed by atoms with E-state index in [0.29, 0.717) is 0 Å². The van der Waals surface area contributed by atoms with Crippen LogP contribution in [0.25, 0.3) is 10.8 Å². The lowest BCUT2D eigenvalue weighted by molar-refractivity contribution is -0.130. The summed E-state index contributed by atoms with van der Waals surface area (Å²) in [6.45, 7) is 1.75. The number of amides is 2. The van der Waals surface area contributed by atoms with E-state index in [-0.39, 0.29) is 18.4 Å². The molecular formula is C14H13N3O2. The van der Waals surface area contributed by atoms with Crippen LogP contribution in [0.1, 0.15) is 6.92 Å². The van der Waals surface area contributed by atoms with Crippen LogP contribution in [-0.2, 0) is 9.59 Å². The molecule has 1 fully saturated rings. The van der Waals surface area contributed by atoms with Crippen LogP contribution in [0.5, 0.6) is 0 Å².